The molecule has 0 aromatic heterocycles. The molecule has 0 fully saturated rings. The maximum atomic E-state index is 13.6. The first kappa shape index (κ1) is 18.8. The molecule has 0 saturated heterocycles. The molecule has 0 aliphatic carbocycles. The van der Waals surface area contributed by atoms with Crippen molar-refractivity contribution >= 4 is 23.5 Å². The van der Waals surface area contributed by atoms with Crippen LogP contribution in [-0.2, 0) is 4.74 Å². The van der Waals surface area contributed by atoms with Crippen molar-refractivity contribution in [3.8, 4) is 0 Å². The molecule has 2 nitrogen and oxygen atoms in total. The minimum Gasteiger partial charge on any atom is -0.467 e. The lowest BCUT2D eigenvalue weighted by Gasteiger charge is -2.21. The SMILES string of the molecule is CCC/C=C(\F)B(SC)C(=O)OC(C)(C)C.F. The molecule has 0 bridgehead atoms. The van der Waals surface area contributed by atoms with Crippen LogP contribution in [0.15, 0.2) is 11.8 Å². The minimum absolute atomic E-state index is 0. The van der Waals surface area contributed by atoms with E-state index in [1.807, 2.05) is 6.92 Å². The first-order valence-electron chi connectivity index (χ1n) is 5.43. The van der Waals surface area contributed by atoms with Crippen LogP contribution in [-0.4, -0.2) is 23.7 Å². The summed E-state index contributed by atoms with van der Waals surface area (Å²) in [5.74, 6) is -1.34. The van der Waals surface area contributed by atoms with Gasteiger partial charge in [-0.2, -0.15) is 11.6 Å². The molecule has 0 unspecified atom stereocenters. The molecule has 0 atom stereocenters. The van der Waals surface area contributed by atoms with Crippen molar-refractivity contribution in [3.63, 3.8) is 0 Å². The zero-order chi connectivity index (χ0) is 12.8. The highest BCUT2D eigenvalue weighted by molar-refractivity contribution is 8.28. The number of carbonyl (C=O) groups is 1. The van der Waals surface area contributed by atoms with Crippen LogP contribution in [0, 0.1) is 0 Å². The highest BCUT2D eigenvalue weighted by atomic mass is 32.2. The molecule has 6 heteroatoms. The Labute approximate surface area is 107 Å². The average molecular weight is 266 g/mol. The van der Waals surface area contributed by atoms with Gasteiger partial charge in [0.15, 0.2) is 0 Å². The average Bonchev–Trinajstić information content (AvgIpc) is 2.12. The fraction of sp³-hybridized carbons (Fsp3) is 0.727. The Morgan fingerprint density at radius 2 is 2.00 bits per heavy atom. The largest absolute Gasteiger partial charge is 0.467 e. The van der Waals surface area contributed by atoms with Crippen molar-refractivity contribution < 1.29 is 18.6 Å². The molecule has 0 amide bonds. The van der Waals surface area contributed by atoms with Crippen molar-refractivity contribution in [2.24, 2.45) is 0 Å². The summed E-state index contributed by atoms with van der Waals surface area (Å²) in [7, 11) is 0. The summed E-state index contributed by atoms with van der Waals surface area (Å²) in [5.41, 5.74) is -0.973. The van der Waals surface area contributed by atoms with Gasteiger partial charge in [-0.05, 0) is 33.4 Å². The zero-order valence-corrected chi connectivity index (χ0v) is 11.9. The molecule has 0 aromatic rings. The number of hydrogen-bond acceptors (Lipinski definition) is 3. The second-order valence-electron chi connectivity index (χ2n) is 4.53. The van der Waals surface area contributed by atoms with Crippen LogP contribution in [0.25, 0.3) is 0 Å². The lowest BCUT2D eigenvalue weighted by Crippen LogP contribution is -2.32. The van der Waals surface area contributed by atoms with Crippen molar-refractivity contribution in [1.82, 2.24) is 0 Å². The van der Waals surface area contributed by atoms with E-state index in [2.05, 4.69) is 0 Å². The van der Waals surface area contributed by atoms with E-state index >= 15 is 0 Å². The quantitative estimate of drug-likeness (QED) is 0.697. The maximum Gasteiger partial charge on any atom is 0.406 e. The molecule has 100 valence electrons. The van der Waals surface area contributed by atoms with Gasteiger partial charge in [0.1, 0.15) is 5.60 Å². The molecular formula is C11H21BF2O2S. The first-order valence-corrected chi connectivity index (χ1v) is 6.71. The van der Waals surface area contributed by atoms with E-state index in [-0.39, 0.29) is 4.70 Å². The first-order chi connectivity index (χ1) is 7.31. The van der Waals surface area contributed by atoms with Gasteiger partial charge >= 0.3 is 5.99 Å². The number of hydrogen-bond donors (Lipinski definition) is 0. The van der Waals surface area contributed by atoms with Gasteiger partial charge in [0.25, 0.3) is 5.87 Å². The molecule has 0 N–H and O–H groups in total. The predicted molar refractivity (Wildman–Crippen MR) is 72.1 cm³/mol. The summed E-state index contributed by atoms with van der Waals surface area (Å²) >= 11 is 1.16. The second kappa shape index (κ2) is 8.56. The third-order valence-electron chi connectivity index (χ3n) is 1.74. The molecule has 0 spiro atoms. The summed E-state index contributed by atoms with van der Waals surface area (Å²) in [6.07, 6.45) is 4.67. The highest BCUT2D eigenvalue weighted by Crippen LogP contribution is 2.20. The molecule has 0 heterocycles. The Hall–Kier alpha value is -0.515. The molecular weight excluding hydrogens is 245 g/mol. The van der Waals surface area contributed by atoms with Crippen LogP contribution in [0.4, 0.5) is 13.9 Å². The molecule has 0 aliphatic heterocycles. The Kier molecular flexibility index (Phi) is 9.48. The van der Waals surface area contributed by atoms with Crippen LogP contribution < -0.4 is 0 Å². The summed E-state index contributed by atoms with van der Waals surface area (Å²) in [6, 6.07) is 0. The minimum atomic E-state index is -0.828. The van der Waals surface area contributed by atoms with E-state index < -0.39 is 23.2 Å². The van der Waals surface area contributed by atoms with E-state index in [1.165, 1.54) is 6.08 Å². The van der Waals surface area contributed by atoms with Gasteiger partial charge in [0, 0.05) is 0 Å². The van der Waals surface area contributed by atoms with E-state index in [0.717, 1.165) is 18.0 Å². The van der Waals surface area contributed by atoms with Crippen LogP contribution >= 0.6 is 11.6 Å². The Morgan fingerprint density at radius 3 is 2.35 bits per heavy atom. The van der Waals surface area contributed by atoms with E-state index in [1.54, 1.807) is 27.0 Å². The molecule has 0 radical (unpaired) electrons. The Bertz CT molecular complexity index is 265. The summed E-state index contributed by atoms with van der Waals surface area (Å²) in [4.78, 5) is 11.7. The van der Waals surface area contributed by atoms with Gasteiger partial charge in [-0.1, -0.05) is 19.4 Å². The normalized spacial score (nSPS) is 11.8. The predicted octanol–water partition coefficient (Wildman–Crippen LogP) is 4.20. The highest BCUT2D eigenvalue weighted by Gasteiger charge is 2.32. The fourth-order valence-corrected chi connectivity index (χ4v) is 1.63. The lowest BCUT2D eigenvalue weighted by molar-refractivity contribution is 0.0715. The molecule has 0 aliphatic rings. The fourth-order valence-electron chi connectivity index (χ4n) is 1.07. The standard InChI is InChI=1S/C11H20BFO2S.FH/c1-6-7-8-9(13)12(16-5)10(14)15-11(2,3)4;/h8H,6-7H2,1-5H3;1H/b9-8-;. The topological polar surface area (TPSA) is 26.3 Å². The van der Waals surface area contributed by atoms with Gasteiger partial charge in [-0.25, -0.2) is 4.39 Å². The van der Waals surface area contributed by atoms with Gasteiger partial charge < -0.3 is 4.74 Å². The van der Waals surface area contributed by atoms with E-state index in [9.17, 15) is 9.18 Å². The third kappa shape index (κ3) is 8.24. The van der Waals surface area contributed by atoms with Crippen LogP contribution in [0.3, 0.4) is 0 Å². The Balaban J connectivity index is 0. The number of ether oxygens (including phenoxy) is 1. The van der Waals surface area contributed by atoms with Crippen molar-refractivity contribution in [1.29, 1.82) is 0 Å². The Morgan fingerprint density at radius 1 is 1.47 bits per heavy atom. The summed E-state index contributed by atoms with van der Waals surface area (Å²) < 4.78 is 18.8. The number of unbranched alkanes of at least 4 members (excludes halogenated alkanes) is 1. The van der Waals surface area contributed by atoms with Crippen LogP contribution in [0.2, 0.25) is 0 Å². The zero-order valence-electron chi connectivity index (χ0n) is 11.1. The van der Waals surface area contributed by atoms with E-state index in [0.29, 0.717) is 6.42 Å². The monoisotopic (exact) mass is 266 g/mol. The van der Waals surface area contributed by atoms with Crippen LogP contribution in [0.1, 0.15) is 40.5 Å². The maximum absolute atomic E-state index is 13.6. The van der Waals surface area contributed by atoms with Crippen LogP contribution in [0.5, 0.6) is 0 Å². The van der Waals surface area contributed by atoms with Gasteiger partial charge in [0.2, 0.25) is 0 Å². The molecule has 0 saturated carbocycles. The summed E-state index contributed by atoms with van der Waals surface area (Å²) in [6.45, 7) is 7.28. The number of rotatable bonds is 5. The molecule has 0 rings (SSSR count). The molecule has 17 heavy (non-hydrogen) atoms. The third-order valence-corrected chi connectivity index (χ3v) is 2.62. The number of carbonyl (C=O) groups excluding carboxylic acids is 1. The van der Waals surface area contributed by atoms with Crippen molar-refractivity contribution in [2.45, 2.75) is 46.1 Å². The van der Waals surface area contributed by atoms with Crippen molar-refractivity contribution in [3.05, 3.63) is 11.8 Å². The lowest BCUT2D eigenvalue weighted by atomic mass is 9.73. The van der Waals surface area contributed by atoms with E-state index in [4.69, 9.17) is 4.74 Å². The van der Waals surface area contributed by atoms with Gasteiger partial charge in [-0.15, -0.1) is 0 Å². The summed E-state index contributed by atoms with van der Waals surface area (Å²) in [5, 5.41) is 0. The number of halogens is 2. The van der Waals surface area contributed by atoms with Gasteiger partial charge in [0.05, 0.1) is 5.73 Å². The number of allylic oxidation sites excluding steroid dienone is 1. The van der Waals surface area contributed by atoms with Gasteiger partial charge in [-0.3, -0.25) is 9.50 Å². The second-order valence-corrected chi connectivity index (χ2v) is 5.47. The van der Waals surface area contributed by atoms with Crippen molar-refractivity contribution in [2.75, 3.05) is 6.26 Å². The molecule has 0 aromatic carbocycles. The smallest absolute Gasteiger partial charge is 0.406 e.